The molecular weight excluding hydrogens is 258 g/mol. The molecule has 4 rings (SSSR count). The molecule has 1 N–H and O–H groups in total. The normalized spacial score (nSPS) is 18.0. The molecule has 0 unspecified atom stereocenters. The number of nitrogens with one attached hydrogen (secondary N) is 1. The van der Waals surface area contributed by atoms with E-state index in [1.807, 2.05) is 0 Å². The number of para-hydroxylation sites is 1. The first-order chi connectivity index (χ1) is 10.4. The number of anilines is 1. The summed E-state index contributed by atoms with van der Waals surface area (Å²) in [7, 11) is 0. The van der Waals surface area contributed by atoms with Crippen LogP contribution in [-0.4, -0.2) is 16.3 Å². The molecule has 0 spiro atoms. The van der Waals surface area contributed by atoms with E-state index in [9.17, 15) is 0 Å². The lowest BCUT2D eigenvalue weighted by molar-refractivity contribution is 0.669. The Bertz CT molecular complexity index is 650. The summed E-state index contributed by atoms with van der Waals surface area (Å²) in [6.45, 7) is 3.27. The van der Waals surface area contributed by atoms with Gasteiger partial charge >= 0.3 is 0 Å². The van der Waals surface area contributed by atoms with Gasteiger partial charge in [0.25, 0.3) is 0 Å². The molecule has 1 aliphatic heterocycles. The lowest BCUT2D eigenvalue weighted by atomic mass is 9.99. The molecule has 0 atom stereocenters. The minimum atomic E-state index is 0.689. The first-order valence-corrected chi connectivity index (χ1v) is 8.32. The van der Waals surface area contributed by atoms with E-state index in [0.717, 1.165) is 19.4 Å². The van der Waals surface area contributed by atoms with Gasteiger partial charge < -0.3 is 5.32 Å². The van der Waals surface area contributed by atoms with E-state index in [4.69, 9.17) is 5.10 Å². The van der Waals surface area contributed by atoms with E-state index >= 15 is 0 Å². The standard InChI is InChI=1S/C18H23N3/c1-2-13-7-5-6-10-16(13)21-18-15(11-12-19-18)17(20-21)14-8-3-4-9-14/h5-7,10,14,19H,2-4,8-9,11-12H2,1H3. The molecule has 1 fully saturated rings. The predicted molar refractivity (Wildman–Crippen MR) is 86.3 cm³/mol. The quantitative estimate of drug-likeness (QED) is 0.919. The van der Waals surface area contributed by atoms with Crippen molar-refractivity contribution in [3.8, 4) is 5.69 Å². The van der Waals surface area contributed by atoms with Crippen molar-refractivity contribution in [2.45, 2.75) is 51.4 Å². The summed E-state index contributed by atoms with van der Waals surface area (Å²) < 4.78 is 2.18. The van der Waals surface area contributed by atoms with Crippen molar-refractivity contribution in [2.24, 2.45) is 0 Å². The highest BCUT2D eigenvalue weighted by Gasteiger charge is 2.29. The van der Waals surface area contributed by atoms with E-state index in [0.29, 0.717) is 5.92 Å². The zero-order valence-corrected chi connectivity index (χ0v) is 12.7. The van der Waals surface area contributed by atoms with Gasteiger partial charge in [-0.15, -0.1) is 0 Å². The molecule has 3 heteroatoms. The topological polar surface area (TPSA) is 29.9 Å². The average Bonchev–Trinajstić information content (AvgIpc) is 3.24. The van der Waals surface area contributed by atoms with Gasteiger partial charge in [0, 0.05) is 18.0 Å². The molecule has 2 heterocycles. The Morgan fingerprint density at radius 1 is 1.24 bits per heavy atom. The number of fused-ring (bicyclic) bond motifs is 1. The molecule has 2 aromatic rings. The molecule has 3 nitrogen and oxygen atoms in total. The van der Waals surface area contributed by atoms with Gasteiger partial charge in [-0.3, -0.25) is 0 Å². The number of aromatic nitrogens is 2. The van der Waals surface area contributed by atoms with Crippen LogP contribution in [0.2, 0.25) is 0 Å². The highest BCUT2D eigenvalue weighted by atomic mass is 15.3. The number of hydrogen-bond acceptors (Lipinski definition) is 2. The summed E-state index contributed by atoms with van der Waals surface area (Å²) in [5.41, 5.74) is 5.47. The summed E-state index contributed by atoms with van der Waals surface area (Å²) >= 11 is 0. The Balaban J connectivity index is 1.84. The average molecular weight is 281 g/mol. The van der Waals surface area contributed by atoms with Crippen LogP contribution in [0.15, 0.2) is 24.3 Å². The Kier molecular flexibility index (Phi) is 3.21. The Labute approximate surface area is 126 Å². The molecule has 2 aliphatic rings. The third-order valence-electron chi connectivity index (χ3n) is 5.02. The molecule has 110 valence electrons. The number of benzene rings is 1. The largest absolute Gasteiger partial charge is 0.369 e. The molecular formula is C18H23N3. The maximum absolute atomic E-state index is 5.05. The van der Waals surface area contributed by atoms with Gasteiger partial charge in [-0.2, -0.15) is 5.10 Å². The third kappa shape index (κ3) is 2.06. The van der Waals surface area contributed by atoms with Crippen LogP contribution in [0.4, 0.5) is 5.82 Å². The minimum Gasteiger partial charge on any atom is -0.369 e. The van der Waals surface area contributed by atoms with Crippen molar-refractivity contribution in [3.63, 3.8) is 0 Å². The number of hydrogen-bond donors (Lipinski definition) is 1. The fourth-order valence-electron chi connectivity index (χ4n) is 3.92. The molecule has 0 saturated heterocycles. The zero-order valence-electron chi connectivity index (χ0n) is 12.7. The van der Waals surface area contributed by atoms with Crippen molar-refractivity contribution >= 4 is 5.82 Å². The highest BCUT2D eigenvalue weighted by Crippen LogP contribution is 2.40. The zero-order chi connectivity index (χ0) is 14.2. The van der Waals surface area contributed by atoms with Crippen LogP contribution in [0.3, 0.4) is 0 Å². The van der Waals surface area contributed by atoms with Crippen molar-refractivity contribution in [1.82, 2.24) is 9.78 Å². The van der Waals surface area contributed by atoms with Crippen molar-refractivity contribution in [2.75, 3.05) is 11.9 Å². The highest BCUT2D eigenvalue weighted by molar-refractivity contribution is 5.59. The molecule has 1 saturated carbocycles. The summed E-state index contributed by atoms with van der Waals surface area (Å²) in [4.78, 5) is 0. The van der Waals surface area contributed by atoms with Crippen molar-refractivity contribution < 1.29 is 0 Å². The summed E-state index contributed by atoms with van der Waals surface area (Å²) in [6, 6.07) is 8.66. The van der Waals surface area contributed by atoms with Crippen LogP contribution in [0.25, 0.3) is 5.69 Å². The van der Waals surface area contributed by atoms with Gasteiger partial charge in [-0.05, 0) is 37.3 Å². The first-order valence-electron chi connectivity index (χ1n) is 8.32. The van der Waals surface area contributed by atoms with Gasteiger partial charge in [0.05, 0.1) is 11.4 Å². The monoisotopic (exact) mass is 281 g/mol. The minimum absolute atomic E-state index is 0.689. The van der Waals surface area contributed by atoms with E-state index in [-0.39, 0.29) is 0 Å². The van der Waals surface area contributed by atoms with E-state index < -0.39 is 0 Å². The Morgan fingerprint density at radius 2 is 2.05 bits per heavy atom. The number of rotatable bonds is 3. The van der Waals surface area contributed by atoms with Crippen LogP contribution in [0.5, 0.6) is 0 Å². The van der Waals surface area contributed by atoms with Crippen LogP contribution >= 0.6 is 0 Å². The molecule has 1 aliphatic carbocycles. The molecule has 1 aromatic heterocycles. The lowest BCUT2D eigenvalue weighted by Crippen LogP contribution is -2.07. The fourth-order valence-corrected chi connectivity index (χ4v) is 3.92. The van der Waals surface area contributed by atoms with E-state index in [2.05, 4.69) is 41.2 Å². The second-order valence-corrected chi connectivity index (χ2v) is 6.26. The second kappa shape index (κ2) is 5.21. The molecule has 21 heavy (non-hydrogen) atoms. The molecule has 1 aromatic carbocycles. The lowest BCUT2D eigenvalue weighted by Gasteiger charge is -2.11. The van der Waals surface area contributed by atoms with E-state index in [1.165, 1.54) is 54.0 Å². The van der Waals surface area contributed by atoms with Crippen LogP contribution in [0.1, 0.15) is 55.3 Å². The summed E-state index contributed by atoms with van der Waals surface area (Å²) in [6.07, 6.45) is 7.55. The first kappa shape index (κ1) is 12.9. The van der Waals surface area contributed by atoms with Crippen molar-refractivity contribution in [1.29, 1.82) is 0 Å². The summed E-state index contributed by atoms with van der Waals surface area (Å²) in [5.74, 6) is 1.94. The van der Waals surface area contributed by atoms with Gasteiger partial charge in [0.2, 0.25) is 0 Å². The number of aryl methyl sites for hydroxylation is 1. The maximum Gasteiger partial charge on any atom is 0.133 e. The van der Waals surface area contributed by atoms with Crippen LogP contribution in [0, 0.1) is 0 Å². The molecule has 0 amide bonds. The molecule has 0 radical (unpaired) electrons. The molecule has 0 bridgehead atoms. The van der Waals surface area contributed by atoms with E-state index in [1.54, 1.807) is 0 Å². The smallest absolute Gasteiger partial charge is 0.133 e. The Morgan fingerprint density at radius 3 is 2.86 bits per heavy atom. The number of nitrogens with zero attached hydrogens (tertiary/aromatic N) is 2. The van der Waals surface area contributed by atoms with Gasteiger partial charge in [-0.1, -0.05) is 38.0 Å². The van der Waals surface area contributed by atoms with Gasteiger partial charge in [0.15, 0.2) is 0 Å². The maximum atomic E-state index is 5.05. The SMILES string of the molecule is CCc1ccccc1-n1nc(C2CCCC2)c2c1NCC2. The predicted octanol–water partition coefficient (Wildman–Crippen LogP) is 4.06. The van der Waals surface area contributed by atoms with Crippen LogP contribution < -0.4 is 5.32 Å². The summed E-state index contributed by atoms with van der Waals surface area (Å²) in [5, 5.41) is 8.61. The Hall–Kier alpha value is -1.77. The second-order valence-electron chi connectivity index (χ2n) is 6.26. The third-order valence-corrected chi connectivity index (χ3v) is 5.02. The fraction of sp³-hybridized carbons (Fsp3) is 0.500. The van der Waals surface area contributed by atoms with Gasteiger partial charge in [0.1, 0.15) is 5.82 Å². The van der Waals surface area contributed by atoms with Gasteiger partial charge in [-0.25, -0.2) is 4.68 Å². The van der Waals surface area contributed by atoms with Crippen LogP contribution in [-0.2, 0) is 12.8 Å². The van der Waals surface area contributed by atoms with Crippen molar-refractivity contribution in [3.05, 3.63) is 41.1 Å².